The van der Waals surface area contributed by atoms with Gasteiger partial charge in [-0.2, -0.15) is 5.10 Å². The molecule has 2 N–H and O–H groups in total. The predicted octanol–water partition coefficient (Wildman–Crippen LogP) is 1.69. The predicted molar refractivity (Wildman–Crippen MR) is 71.4 cm³/mol. The number of benzene rings is 1. The average molecular weight is 266 g/mol. The van der Waals surface area contributed by atoms with Crippen LogP contribution in [-0.4, -0.2) is 27.5 Å². The molecule has 0 aliphatic heterocycles. The summed E-state index contributed by atoms with van der Waals surface area (Å²) in [5.74, 6) is 0. The van der Waals surface area contributed by atoms with E-state index in [1.165, 1.54) is 0 Å². The van der Waals surface area contributed by atoms with Crippen LogP contribution in [0, 0.1) is 0 Å². The number of nitrogens with one attached hydrogen (secondary N) is 1. The van der Waals surface area contributed by atoms with Crippen molar-refractivity contribution >= 4 is 11.6 Å². The number of hydrogen-bond acceptors (Lipinski definition) is 3. The lowest BCUT2D eigenvalue weighted by Crippen LogP contribution is -2.30. The van der Waals surface area contributed by atoms with Gasteiger partial charge in [0.05, 0.1) is 12.6 Å². The van der Waals surface area contributed by atoms with Crippen molar-refractivity contribution in [3.05, 3.63) is 53.3 Å². The largest absolute Gasteiger partial charge is 0.390 e. The van der Waals surface area contributed by atoms with Crippen LogP contribution in [0.4, 0.5) is 0 Å². The van der Waals surface area contributed by atoms with E-state index in [-0.39, 0.29) is 0 Å². The molecule has 2 rings (SSSR count). The van der Waals surface area contributed by atoms with Crippen LogP contribution in [0.1, 0.15) is 5.56 Å². The van der Waals surface area contributed by atoms with Crippen molar-refractivity contribution < 1.29 is 5.11 Å². The lowest BCUT2D eigenvalue weighted by atomic mass is 10.2. The molecule has 1 aromatic heterocycles. The van der Waals surface area contributed by atoms with E-state index >= 15 is 0 Å². The summed E-state index contributed by atoms with van der Waals surface area (Å²) in [5, 5.41) is 17.8. The van der Waals surface area contributed by atoms with Gasteiger partial charge in [-0.3, -0.25) is 4.68 Å². The monoisotopic (exact) mass is 265 g/mol. The second kappa shape index (κ2) is 6.54. The molecule has 1 unspecified atom stereocenters. The zero-order valence-corrected chi connectivity index (χ0v) is 10.7. The first-order valence-electron chi connectivity index (χ1n) is 5.85. The molecular formula is C13H16ClN3O. The van der Waals surface area contributed by atoms with E-state index in [1.54, 1.807) is 10.9 Å². The maximum atomic E-state index is 9.81. The number of halogens is 1. The maximum Gasteiger partial charge on any atom is 0.0860 e. The first-order chi connectivity index (χ1) is 8.75. The lowest BCUT2D eigenvalue weighted by molar-refractivity contribution is 0.146. The second-order valence-electron chi connectivity index (χ2n) is 4.10. The summed E-state index contributed by atoms with van der Waals surface area (Å²) in [6.45, 7) is 1.64. The van der Waals surface area contributed by atoms with Gasteiger partial charge in [-0.25, -0.2) is 0 Å². The minimum atomic E-state index is -0.465. The van der Waals surface area contributed by atoms with Crippen molar-refractivity contribution in [3.63, 3.8) is 0 Å². The van der Waals surface area contributed by atoms with Crippen molar-refractivity contribution in [1.82, 2.24) is 15.1 Å². The molecule has 5 heteroatoms. The zero-order valence-electron chi connectivity index (χ0n) is 9.96. The minimum absolute atomic E-state index is 0.465. The fraction of sp³-hybridized carbons (Fsp3) is 0.308. The summed E-state index contributed by atoms with van der Waals surface area (Å²) in [5.41, 5.74) is 1.03. The topological polar surface area (TPSA) is 50.1 Å². The Morgan fingerprint density at radius 3 is 2.89 bits per heavy atom. The van der Waals surface area contributed by atoms with Gasteiger partial charge in [0.2, 0.25) is 0 Å². The number of nitrogens with zero attached hydrogens (tertiary/aromatic N) is 2. The van der Waals surface area contributed by atoms with Gasteiger partial charge in [0.25, 0.3) is 0 Å². The Kier molecular flexibility index (Phi) is 4.75. The van der Waals surface area contributed by atoms with Gasteiger partial charge in [-0.15, -0.1) is 0 Å². The van der Waals surface area contributed by atoms with Gasteiger partial charge < -0.3 is 10.4 Å². The van der Waals surface area contributed by atoms with Gasteiger partial charge >= 0.3 is 0 Å². The maximum absolute atomic E-state index is 9.81. The molecule has 2 aromatic rings. The summed E-state index contributed by atoms with van der Waals surface area (Å²) < 4.78 is 1.71. The van der Waals surface area contributed by atoms with Crippen LogP contribution in [0.25, 0.3) is 0 Å². The quantitative estimate of drug-likeness (QED) is 0.836. The van der Waals surface area contributed by atoms with Gasteiger partial charge in [-0.1, -0.05) is 29.8 Å². The standard InChI is InChI=1S/C13H16ClN3O/c14-13-5-2-1-4-11(13)8-15-9-12(18)10-17-7-3-6-16-17/h1-7,12,15,18H,8-10H2. The molecule has 1 heterocycles. The number of aliphatic hydroxyl groups excluding tert-OH is 1. The summed E-state index contributed by atoms with van der Waals surface area (Å²) in [4.78, 5) is 0. The van der Waals surface area contributed by atoms with E-state index in [1.807, 2.05) is 36.5 Å². The van der Waals surface area contributed by atoms with Crippen LogP contribution in [0.2, 0.25) is 5.02 Å². The van der Waals surface area contributed by atoms with E-state index < -0.39 is 6.10 Å². The Hall–Kier alpha value is -1.36. The smallest absolute Gasteiger partial charge is 0.0860 e. The summed E-state index contributed by atoms with van der Waals surface area (Å²) in [6.07, 6.45) is 3.06. The molecule has 0 bridgehead atoms. The van der Waals surface area contributed by atoms with Crippen LogP contribution in [-0.2, 0) is 13.1 Å². The van der Waals surface area contributed by atoms with E-state index in [0.717, 1.165) is 10.6 Å². The lowest BCUT2D eigenvalue weighted by Gasteiger charge is -2.12. The normalized spacial score (nSPS) is 12.6. The molecule has 4 nitrogen and oxygen atoms in total. The molecule has 1 aromatic carbocycles. The molecular weight excluding hydrogens is 250 g/mol. The molecule has 1 atom stereocenters. The summed E-state index contributed by atoms with van der Waals surface area (Å²) in [6, 6.07) is 9.51. The van der Waals surface area contributed by atoms with Crippen molar-refractivity contribution in [3.8, 4) is 0 Å². The van der Waals surface area contributed by atoms with Crippen molar-refractivity contribution in [2.75, 3.05) is 6.54 Å². The third kappa shape index (κ3) is 3.84. The van der Waals surface area contributed by atoms with Crippen molar-refractivity contribution in [2.45, 2.75) is 19.2 Å². The van der Waals surface area contributed by atoms with Crippen LogP contribution < -0.4 is 5.32 Å². The SMILES string of the molecule is OC(CNCc1ccccc1Cl)Cn1cccn1. The Balaban J connectivity index is 1.74. The molecule has 0 aliphatic carbocycles. The molecule has 0 spiro atoms. The third-order valence-corrected chi connectivity index (χ3v) is 2.98. The first kappa shape index (κ1) is 13.1. The Morgan fingerprint density at radius 1 is 1.33 bits per heavy atom. The van der Waals surface area contributed by atoms with Gasteiger partial charge in [0, 0.05) is 30.5 Å². The highest BCUT2D eigenvalue weighted by molar-refractivity contribution is 6.31. The van der Waals surface area contributed by atoms with Crippen LogP contribution in [0.5, 0.6) is 0 Å². The first-order valence-corrected chi connectivity index (χ1v) is 6.23. The highest BCUT2D eigenvalue weighted by Gasteiger charge is 2.05. The molecule has 0 radical (unpaired) electrons. The Morgan fingerprint density at radius 2 is 2.17 bits per heavy atom. The summed E-state index contributed by atoms with van der Waals surface area (Å²) >= 11 is 6.04. The third-order valence-electron chi connectivity index (χ3n) is 2.61. The molecule has 0 fully saturated rings. The highest BCUT2D eigenvalue weighted by atomic mass is 35.5. The Bertz CT molecular complexity index is 473. The molecule has 0 aliphatic rings. The molecule has 96 valence electrons. The molecule has 0 saturated carbocycles. The molecule has 18 heavy (non-hydrogen) atoms. The number of hydrogen-bond donors (Lipinski definition) is 2. The highest BCUT2D eigenvalue weighted by Crippen LogP contribution is 2.14. The van der Waals surface area contributed by atoms with Gasteiger partial charge in [-0.05, 0) is 17.7 Å². The molecule has 0 saturated heterocycles. The van der Waals surface area contributed by atoms with Crippen molar-refractivity contribution in [1.29, 1.82) is 0 Å². The average Bonchev–Trinajstić information content (AvgIpc) is 2.84. The Labute approximate surface area is 111 Å². The second-order valence-corrected chi connectivity index (χ2v) is 4.51. The molecule has 0 amide bonds. The van der Waals surface area contributed by atoms with E-state index in [0.29, 0.717) is 19.6 Å². The van der Waals surface area contributed by atoms with Gasteiger partial charge in [0.15, 0.2) is 0 Å². The minimum Gasteiger partial charge on any atom is -0.390 e. The van der Waals surface area contributed by atoms with E-state index in [9.17, 15) is 5.11 Å². The number of aromatic nitrogens is 2. The fourth-order valence-corrected chi connectivity index (χ4v) is 1.91. The van der Waals surface area contributed by atoms with Crippen LogP contribution in [0.3, 0.4) is 0 Å². The fourth-order valence-electron chi connectivity index (χ4n) is 1.70. The number of rotatable bonds is 6. The zero-order chi connectivity index (χ0) is 12.8. The number of aliphatic hydroxyl groups is 1. The van der Waals surface area contributed by atoms with E-state index in [2.05, 4.69) is 10.4 Å². The summed E-state index contributed by atoms with van der Waals surface area (Å²) in [7, 11) is 0. The van der Waals surface area contributed by atoms with Crippen molar-refractivity contribution in [2.24, 2.45) is 0 Å². The van der Waals surface area contributed by atoms with E-state index in [4.69, 9.17) is 11.6 Å². The van der Waals surface area contributed by atoms with Crippen LogP contribution in [0.15, 0.2) is 42.7 Å². The van der Waals surface area contributed by atoms with Crippen LogP contribution >= 0.6 is 11.6 Å². The van der Waals surface area contributed by atoms with Gasteiger partial charge in [0.1, 0.15) is 0 Å².